The summed E-state index contributed by atoms with van der Waals surface area (Å²) in [5.41, 5.74) is 1.90. The summed E-state index contributed by atoms with van der Waals surface area (Å²) in [6, 6.07) is 9.98. The van der Waals surface area contributed by atoms with Gasteiger partial charge in [0.25, 0.3) is 0 Å². The van der Waals surface area contributed by atoms with E-state index in [1.54, 1.807) is 30.3 Å². The lowest BCUT2D eigenvalue weighted by atomic mass is 9.99. The lowest BCUT2D eigenvalue weighted by Gasteiger charge is -2.14. The van der Waals surface area contributed by atoms with Gasteiger partial charge in [-0.1, -0.05) is 12.1 Å². The van der Waals surface area contributed by atoms with Crippen molar-refractivity contribution in [3.63, 3.8) is 0 Å². The summed E-state index contributed by atoms with van der Waals surface area (Å²) in [6.07, 6.45) is 0. The number of benzene rings is 2. The van der Waals surface area contributed by atoms with E-state index in [-0.39, 0.29) is 5.75 Å². The maximum absolute atomic E-state index is 12.6. The Kier molecular flexibility index (Phi) is 4.65. The number of phenols is 1. The van der Waals surface area contributed by atoms with E-state index in [0.717, 1.165) is 10.9 Å². The van der Waals surface area contributed by atoms with Crippen LogP contribution in [0.25, 0.3) is 22.1 Å². The van der Waals surface area contributed by atoms with Crippen molar-refractivity contribution >= 4 is 11.0 Å². The number of aryl methyl sites for hydroxylation is 1. The molecule has 3 aromatic rings. The second kappa shape index (κ2) is 6.89. The number of aromatic hydroxyl groups is 1. The first-order valence-electron chi connectivity index (χ1n) is 8.21. The van der Waals surface area contributed by atoms with Crippen LogP contribution in [0.1, 0.15) is 19.4 Å². The zero-order valence-corrected chi connectivity index (χ0v) is 14.5. The number of phenolic OH excluding ortho intramolecular Hbond substituents is 1. The molecule has 0 aliphatic heterocycles. The minimum absolute atomic E-state index is 0.142. The largest absolute Gasteiger partial charge is 0.508 e. The van der Waals surface area contributed by atoms with E-state index >= 15 is 0 Å². The van der Waals surface area contributed by atoms with E-state index in [2.05, 4.69) is 0 Å². The van der Waals surface area contributed by atoms with E-state index in [1.165, 1.54) is 0 Å². The van der Waals surface area contributed by atoms with Crippen molar-refractivity contribution < 1.29 is 19.0 Å². The van der Waals surface area contributed by atoms with Crippen LogP contribution in [0.2, 0.25) is 0 Å². The lowest BCUT2D eigenvalue weighted by Crippen LogP contribution is -2.07. The molecule has 2 aromatic carbocycles. The smallest absolute Gasteiger partial charge is 0.344 e. The Bertz CT molecular complexity index is 954. The Morgan fingerprint density at radius 2 is 1.72 bits per heavy atom. The minimum Gasteiger partial charge on any atom is -0.508 e. The van der Waals surface area contributed by atoms with Gasteiger partial charge in [0.1, 0.15) is 22.8 Å². The third-order valence-electron chi connectivity index (χ3n) is 3.96. The molecule has 1 aromatic heterocycles. The van der Waals surface area contributed by atoms with Gasteiger partial charge in [-0.2, -0.15) is 0 Å². The molecule has 3 rings (SSSR count). The van der Waals surface area contributed by atoms with Gasteiger partial charge in [0.15, 0.2) is 0 Å². The van der Waals surface area contributed by atoms with Crippen molar-refractivity contribution in [2.75, 3.05) is 13.2 Å². The van der Waals surface area contributed by atoms with Crippen molar-refractivity contribution in [3.8, 4) is 28.4 Å². The van der Waals surface area contributed by atoms with E-state index in [1.807, 2.05) is 26.8 Å². The number of fused-ring (bicyclic) bond motifs is 1. The molecule has 0 spiro atoms. The highest BCUT2D eigenvalue weighted by Gasteiger charge is 2.18. The monoisotopic (exact) mass is 340 g/mol. The van der Waals surface area contributed by atoms with Gasteiger partial charge < -0.3 is 19.0 Å². The van der Waals surface area contributed by atoms with Crippen LogP contribution in [0.15, 0.2) is 45.6 Å². The molecule has 0 bridgehead atoms. The van der Waals surface area contributed by atoms with Crippen LogP contribution in [-0.4, -0.2) is 18.3 Å². The summed E-state index contributed by atoms with van der Waals surface area (Å²) >= 11 is 0. The molecule has 1 heterocycles. The molecule has 0 unspecified atom stereocenters. The number of rotatable bonds is 5. The third kappa shape index (κ3) is 3.18. The van der Waals surface area contributed by atoms with Crippen molar-refractivity contribution in [1.29, 1.82) is 0 Å². The van der Waals surface area contributed by atoms with Gasteiger partial charge in [-0.15, -0.1) is 0 Å². The van der Waals surface area contributed by atoms with Gasteiger partial charge in [-0.25, -0.2) is 4.79 Å². The molecule has 0 radical (unpaired) electrons. The van der Waals surface area contributed by atoms with Crippen LogP contribution in [0.4, 0.5) is 0 Å². The summed E-state index contributed by atoms with van der Waals surface area (Å²) in [5, 5.41) is 10.2. The van der Waals surface area contributed by atoms with E-state index in [0.29, 0.717) is 41.4 Å². The van der Waals surface area contributed by atoms with Gasteiger partial charge in [0.2, 0.25) is 0 Å². The Morgan fingerprint density at radius 1 is 1.04 bits per heavy atom. The van der Waals surface area contributed by atoms with Crippen LogP contribution in [0.3, 0.4) is 0 Å². The highest BCUT2D eigenvalue weighted by molar-refractivity contribution is 5.92. The lowest BCUT2D eigenvalue weighted by molar-refractivity contribution is 0.325. The summed E-state index contributed by atoms with van der Waals surface area (Å²) in [5.74, 6) is 1.35. The minimum atomic E-state index is -0.438. The van der Waals surface area contributed by atoms with Crippen LogP contribution in [0.5, 0.6) is 17.2 Å². The molecule has 5 nitrogen and oxygen atoms in total. The van der Waals surface area contributed by atoms with Gasteiger partial charge in [-0.3, -0.25) is 0 Å². The average Bonchev–Trinajstić information content (AvgIpc) is 2.56. The zero-order chi connectivity index (χ0) is 18.0. The summed E-state index contributed by atoms with van der Waals surface area (Å²) < 4.78 is 16.8. The maximum atomic E-state index is 12.6. The summed E-state index contributed by atoms with van der Waals surface area (Å²) in [4.78, 5) is 12.6. The molecule has 0 aliphatic carbocycles. The molecule has 0 saturated heterocycles. The first-order chi connectivity index (χ1) is 12.0. The second-order valence-corrected chi connectivity index (χ2v) is 5.60. The number of ether oxygens (including phenoxy) is 2. The third-order valence-corrected chi connectivity index (χ3v) is 3.96. The highest BCUT2D eigenvalue weighted by Crippen LogP contribution is 2.36. The highest BCUT2D eigenvalue weighted by atomic mass is 16.5. The van der Waals surface area contributed by atoms with Crippen LogP contribution in [-0.2, 0) is 0 Å². The Morgan fingerprint density at radius 3 is 2.36 bits per heavy atom. The molecule has 0 aliphatic rings. The molecule has 1 N–H and O–H groups in total. The molecular formula is C20H20O5. The summed E-state index contributed by atoms with van der Waals surface area (Å²) in [7, 11) is 0. The van der Waals surface area contributed by atoms with Crippen LogP contribution in [0, 0.1) is 6.92 Å². The molecule has 130 valence electrons. The fraction of sp³-hybridized carbons (Fsp3) is 0.250. The van der Waals surface area contributed by atoms with Gasteiger partial charge in [0, 0.05) is 12.1 Å². The fourth-order valence-corrected chi connectivity index (χ4v) is 2.93. The first-order valence-corrected chi connectivity index (χ1v) is 8.21. The SMILES string of the molecule is CCOc1cc(OCC)c2c(C)c(-c3ccc(O)cc3)c(=O)oc2c1. The molecular weight excluding hydrogens is 320 g/mol. The molecule has 0 atom stereocenters. The maximum Gasteiger partial charge on any atom is 0.344 e. The first kappa shape index (κ1) is 16.9. The van der Waals surface area contributed by atoms with Crippen molar-refractivity contribution in [1.82, 2.24) is 0 Å². The van der Waals surface area contributed by atoms with Crippen molar-refractivity contribution in [2.24, 2.45) is 0 Å². The van der Waals surface area contributed by atoms with Crippen LogP contribution < -0.4 is 15.1 Å². The second-order valence-electron chi connectivity index (χ2n) is 5.60. The standard InChI is InChI=1S/C20H20O5/c1-4-23-15-10-16(24-5-2)19-12(3)18(20(22)25-17(19)11-15)13-6-8-14(21)9-7-13/h6-11,21H,4-5H2,1-3H3. The average molecular weight is 340 g/mol. The Hall–Kier alpha value is -2.95. The Labute approximate surface area is 145 Å². The fourth-order valence-electron chi connectivity index (χ4n) is 2.93. The van der Waals surface area contributed by atoms with Crippen molar-refractivity contribution in [2.45, 2.75) is 20.8 Å². The molecule has 0 fully saturated rings. The van der Waals surface area contributed by atoms with Gasteiger partial charge in [0.05, 0.1) is 24.2 Å². The van der Waals surface area contributed by atoms with Gasteiger partial charge >= 0.3 is 5.63 Å². The van der Waals surface area contributed by atoms with E-state index in [9.17, 15) is 9.90 Å². The van der Waals surface area contributed by atoms with Gasteiger partial charge in [-0.05, 0) is 44.0 Å². The molecule has 0 amide bonds. The normalized spacial score (nSPS) is 10.8. The number of hydrogen-bond acceptors (Lipinski definition) is 5. The van der Waals surface area contributed by atoms with Crippen LogP contribution >= 0.6 is 0 Å². The predicted molar refractivity (Wildman–Crippen MR) is 96.7 cm³/mol. The molecule has 25 heavy (non-hydrogen) atoms. The number of hydrogen-bond donors (Lipinski definition) is 1. The topological polar surface area (TPSA) is 68.9 Å². The quantitative estimate of drug-likeness (QED) is 0.702. The predicted octanol–water partition coefficient (Wildman–Crippen LogP) is 4.27. The van der Waals surface area contributed by atoms with Crippen molar-refractivity contribution in [3.05, 3.63) is 52.4 Å². The van der Waals surface area contributed by atoms with E-state index < -0.39 is 5.63 Å². The molecule has 5 heteroatoms. The zero-order valence-electron chi connectivity index (χ0n) is 14.5. The molecule has 0 saturated carbocycles. The Balaban J connectivity index is 2.31. The summed E-state index contributed by atoms with van der Waals surface area (Å²) in [6.45, 7) is 6.64. The van der Waals surface area contributed by atoms with E-state index in [4.69, 9.17) is 13.9 Å².